The zero-order chi connectivity index (χ0) is 22.3. The molecule has 1 aromatic carbocycles. The van der Waals surface area contributed by atoms with Crippen LogP contribution in [0.4, 0.5) is 14.7 Å². The second kappa shape index (κ2) is 7.89. The van der Waals surface area contributed by atoms with Gasteiger partial charge in [0, 0.05) is 31.6 Å². The second-order valence-electron chi connectivity index (χ2n) is 7.51. The number of fused-ring (bicyclic) bond motifs is 3. The number of nitrogens with zero attached hydrogens (tertiary/aromatic N) is 6. The molecular weight excluding hydrogens is 408 g/mol. The van der Waals surface area contributed by atoms with Crippen molar-refractivity contribution in [2.45, 2.75) is 39.2 Å². The summed E-state index contributed by atoms with van der Waals surface area (Å²) in [5, 5.41) is 8.26. The predicted octanol–water partition coefficient (Wildman–Crippen LogP) is 2.92. The Morgan fingerprint density at radius 2 is 2.06 bits per heavy atom. The van der Waals surface area contributed by atoms with Crippen LogP contribution in [0.1, 0.15) is 41.8 Å². The van der Waals surface area contributed by atoms with Gasteiger partial charge < -0.3 is 15.2 Å². The molecule has 4 aromatic rings. The van der Waals surface area contributed by atoms with Crippen LogP contribution >= 0.6 is 0 Å². The summed E-state index contributed by atoms with van der Waals surface area (Å²) in [5.41, 5.74) is 6.72. The maximum absolute atomic E-state index is 14.1. The number of carbonyl (C=O) groups excluding carboxylic acids is 1. The molecule has 1 amide bonds. The highest BCUT2D eigenvalue weighted by Crippen LogP contribution is 2.24. The van der Waals surface area contributed by atoms with E-state index in [1.807, 2.05) is 6.92 Å². The molecule has 3 aromatic heterocycles. The van der Waals surface area contributed by atoms with Gasteiger partial charge in [0.15, 0.2) is 17.3 Å². The van der Waals surface area contributed by atoms with Crippen LogP contribution in [-0.4, -0.2) is 48.6 Å². The van der Waals surface area contributed by atoms with Gasteiger partial charge in [-0.05, 0) is 32.8 Å². The Labute approximate surface area is 175 Å². The van der Waals surface area contributed by atoms with E-state index >= 15 is 0 Å². The molecule has 31 heavy (non-hydrogen) atoms. The largest absolute Gasteiger partial charge is 0.368 e. The van der Waals surface area contributed by atoms with Crippen molar-refractivity contribution in [2.24, 2.45) is 0 Å². The molecule has 0 spiro atoms. The topological polar surface area (TPSA) is 115 Å². The van der Waals surface area contributed by atoms with Gasteiger partial charge >= 0.3 is 0 Å². The fourth-order valence-corrected chi connectivity index (χ4v) is 3.39. The average molecular weight is 429 g/mol. The molecule has 2 N–H and O–H groups in total. The minimum atomic E-state index is -0.808. The molecule has 0 radical (unpaired) electrons. The zero-order valence-electron chi connectivity index (χ0n) is 17.3. The summed E-state index contributed by atoms with van der Waals surface area (Å²) in [5.74, 6) is -1.15. The van der Waals surface area contributed by atoms with E-state index in [4.69, 9.17) is 10.3 Å². The average Bonchev–Trinajstić information content (AvgIpc) is 3.35. The first-order valence-corrected chi connectivity index (χ1v) is 9.75. The summed E-state index contributed by atoms with van der Waals surface area (Å²) in [7, 11) is 1.70. The lowest BCUT2D eigenvalue weighted by Crippen LogP contribution is -2.34. The summed E-state index contributed by atoms with van der Waals surface area (Å²) in [6, 6.07) is 3.44. The van der Waals surface area contributed by atoms with Crippen LogP contribution in [0.15, 0.2) is 22.7 Å². The van der Waals surface area contributed by atoms with Crippen LogP contribution in [0, 0.1) is 18.6 Å². The molecule has 0 aliphatic carbocycles. The van der Waals surface area contributed by atoms with Gasteiger partial charge in [0.25, 0.3) is 5.91 Å². The number of rotatable bonds is 6. The van der Waals surface area contributed by atoms with E-state index in [-0.39, 0.29) is 40.2 Å². The molecule has 11 heteroatoms. The molecular formula is C20H21F2N7O2. The maximum atomic E-state index is 14.1. The first-order chi connectivity index (χ1) is 14.7. The first-order valence-electron chi connectivity index (χ1n) is 9.75. The van der Waals surface area contributed by atoms with Crippen molar-refractivity contribution >= 4 is 28.4 Å². The van der Waals surface area contributed by atoms with Crippen LogP contribution in [0.5, 0.6) is 0 Å². The number of halogens is 2. The molecule has 0 bridgehead atoms. The Balaban J connectivity index is 1.47. The fourth-order valence-electron chi connectivity index (χ4n) is 3.39. The van der Waals surface area contributed by atoms with Crippen LogP contribution < -0.4 is 5.73 Å². The highest BCUT2D eigenvalue weighted by atomic mass is 19.1. The van der Waals surface area contributed by atoms with E-state index in [9.17, 15) is 13.6 Å². The zero-order valence-corrected chi connectivity index (χ0v) is 17.3. The van der Waals surface area contributed by atoms with Crippen molar-refractivity contribution in [3.8, 4) is 0 Å². The summed E-state index contributed by atoms with van der Waals surface area (Å²) in [4.78, 5) is 22.4. The number of nitrogens with two attached hydrogens (primary N) is 1. The standard InChI is InChI=1S/C20H21F2N7O2/c1-10-7-15(31-27-10)19(30)28(3)11(2)5-4-6-16-24-18-13-8-12(21)9-14(22)17(13)25-20(23)29(18)26-16/h7-9,11H,4-6H2,1-3H3,(H2,23,25)/t11-/m0/s1. The second-order valence-corrected chi connectivity index (χ2v) is 7.51. The van der Waals surface area contributed by atoms with E-state index in [2.05, 4.69) is 20.2 Å². The molecule has 1 atom stereocenters. The van der Waals surface area contributed by atoms with Gasteiger partial charge in [-0.25, -0.2) is 18.7 Å². The van der Waals surface area contributed by atoms with Gasteiger partial charge in [-0.2, -0.15) is 4.52 Å². The van der Waals surface area contributed by atoms with Crippen LogP contribution in [-0.2, 0) is 6.42 Å². The van der Waals surface area contributed by atoms with Gasteiger partial charge in [0.2, 0.25) is 11.7 Å². The van der Waals surface area contributed by atoms with Crippen molar-refractivity contribution in [1.29, 1.82) is 0 Å². The number of amides is 1. The van der Waals surface area contributed by atoms with E-state index in [0.29, 0.717) is 30.8 Å². The fraction of sp³-hybridized carbons (Fsp3) is 0.350. The van der Waals surface area contributed by atoms with E-state index in [0.717, 1.165) is 12.1 Å². The molecule has 0 fully saturated rings. The molecule has 0 aliphatic rings. The van der Waals surface area contributed by atoms with E-state index < -0.39 is 11.6 Å². The lowest BCUT2D eigenvalue weighted by molar-refractivity contribution is 0.0693. The van der Waals surface area contributed by atoms with Crippen molar-refractivity contribution < 1.29 is 18.1 Å². The monoisotopic (exact) mass is 429 g/mol. The normalized spacial score (nSPS) is 12.5. The molecule has 9 nitrogen and oxygen atoms in total. The van der Waals surface area contributed by atoms with Gasteiger partial charge in [-0.1, -0.05) is 5.16 Å². The molecule has 162 valence electrons. The summed E-state index contributed by atoms with van der Waals surface area (Å²) in [6.45, 7) is 3.68. The Morgan fingerprint density at radius 1 is 1.29 bits per heavy atom. The highest BCUT2D eigenvalue weighted by Gasteiger charge is 2.21. The summed E-state index contributed by atoms with van der Waals surface area (Å²) < 4.78 is 34.1. The highest BCUT2D eigenvalue weighted by molar-refractivity contribution is 5.92. The number of aryl methyl sites for hydroxylation is 2. The van der Waals surface area contributed by atoms with Gasteiger partial charge in [-0.3, -0.25) is 4.79 Å². The van der Waals surface area contributed by atoms with Crippen molar-refractivity contribution in [1.82, 2.24) is 29.6 Å². The lowest BCUT2D eigenvalue weighted by atomic mass is 10.1. The first kappa shape index (κ1) is 20.6. The Kier molecular flexibility index (Phi) is 5.25. The van der Waals surface area contributed by atoms with Crippen molar-refractivity contribution in [3.63, 3.8) is 0 Å². The molecule has 4 rings (SSSR count). The molecule has 0 saturated heterocycles. The van der Waals surface area contributed by atoms with Gasteiger partial charge in [0.1, 0.15) is 11.3 Å². The maximum Gasteiger partial charge on any atom is 0.292 e. The van der Waals surface area contributed by atoms with E-state index in [1.54, 1.807) is 24.9 Å². The molecule has 3 heterocycles. The predicted molar refractivity (Wildman–Crippen MR) is 108 cm³/mol. The Hall–Kier alpha value is -3.63. The Bertz CT molecular complexity index is 1280. The summed E-state index contributed by atoms with van der Waals surface area (Å²) in [6.07, 6.45) is 1.86. The third kappa shape index (κ3) is 3.90. The lowest BCUT2D eigenvalue weighted by Gasteiger charge is -2.23. The third-order valence-corrected chi connectivity index (χ3v) is 5.21. The molecule has 0 unspecified atom stereocenters. The number of hydrogen-bond acceptors (Lipinski definition) is 7. The van der Waals surface area contributed by atoms with Gasteiger partial charge in [-0.15, -0.1) is 5.10 Å². The van der Waals surface area contributed by atoms with Crippen LogP contribution in [0.25, 0.3) is 16.6 Å². The number of nitrogen functional groups attached to an aromatic ring is 1. The molecule has 0 saturated carbocycles. The van der Waals surface area contributed by atoms with Crippen molar-refractivity contribution in [2.75, 3.05) is 12.8 Å². The van der Waals surface area contributed by atoms with Crippen LogP contribution in [0.3, 0.4) is 0 Å². The number of carbonyl (C=O) groups is 1. The SMILES string of the molecule is Cc1cc(C(=O)N(C)[C@@H](C)CCCc2nc3c4cc(F)cc(F)c4nc(N)n3n2)on1. The minimum Gasteiger partial charge on any atom is -0.368 e. The number of aromatic nitrogens is 5. The quantitative estimate of drug-likeness (QED) is 0.501. The van der Waals surface area contributed by atoms with Crippen LogP contribution in [0.2, 0.25) is 0 Å². The smallest absolute Gasteiger partial charge is 0.292 e. The third-order valence-electron chi connectivity index (χ3n) is 5.21. The molecule has 0 aliphatic heterocycles. The summed E-state index contributed by atoms with van der Waals surface area (Å²) >= 11 is 0. The van der Waals surface area contributed by atoms with Crippen molar-refractivity contribution in [3.05, 3.63) is 47.1 Å². The Morgan fingerprint density at radius 3 is 2.77 bits per heavy atom. The number of benzene rings is 1. The number of hydrogen-bond donors (Lipinski definition) is 1. The van der Waals surface area contributed by atoms with E-state index in [1.165, 1.54) is 4.52 Å². The minimum absolute atomic E-state index is 0.0344. The number of anilines is 1. The van der Waals surface area contributed by atoms with Gasteiger partial charge in [0.05, 0.1) is 11.1 Å².